The second kappa shape index (κ2) is 4.41. The minimum atomic E-state index is -0.299. The number of likely N-dealkylation sites (N-methyl/N-ethyl adjacent to an activating group) is 1. The van der Waals surface area contributed by atoms with Crippen LogP contribution in [0.1, 0.15) is 13.3 Å². The standard InChI is InChI=1S/C11H16N6O/c1-2-16(8-5-6-12-7-8)10-4-3-9-13-14-11(18)17(9)15-10/h3-4,8,12H,2,5-7H2,1H3,(H,14,18). The first-order chi connectivity index (χ1) is 8.79. The summed E-state index contributed by atoms with van der Waals surface area (Å²) in [7, 11) is 0. The highest BCUT2D eigenvalue weighted by molar-refractivity contribution is 5.45. The van der Waals surface area contributed by atoms with Gasteiger partial charge >= 0.3 is 5.69 Å². The highest BCUT2D eigenvalue weighted by Gasteiger charge is 2.22. The number of nitrogens with zero attached hydrogens (tertiary/aromatic N) is 4. The van der Waals surface area contributed by atoms with Crippen LogP contribution in [-0.2, 0) is 0 Å². The lowest BCUT2D eigenvalue weighted by Gasteiger charge is -2.27. The third-order valence-electron chi connectivity index (χ3n) is 3.37. The quantitative estimate of drug-likeness (QED) is 0.773. The van der Waals surface area contributed by atoms with E-state index >= 15 is 0 Å². The van der Waals surface area contributed by atoms with Crippen molar-refractivity contribution in [3.63, 3.8) is 0 Å². The van der Waals surface area contributed by atoms with Crippen LogP contribution in [0.5, 0.6) is 0 Å². The smallest absolute Gasteiger partial charge is 0.351 e. The SMILES string of the molecule is CCN(c1ccc2n[nH]c(=O)n2n1)C1CCNC1. The summed E-state index contributed by atoms with van der Waals surface area (Å²) >= 11 is 0. The maximum Gasteiger partial charge on any atom is 0.364 e. The second-order valence-corrected chi connectivity index (χ2v) is 4.42. The van der Waals surface area contributed by atoms with E-state index in [1.54, 1.807) is 0 Å². The molecule has 1 aliphatic heterocycles. The second-order valence-electron chi connectivity index (χ2n) is 4.42. The van der Waals surface area contributed by atoms with Crippen molar-refractivity contribution in [1.29, 1.82) is 0 Å². The molecule has 1 fully saturated rings. The zero-order chi connectivity index (χ0) is 12.5. The molecule has 2 N–H and O–H groups in total. The van der Waals surface area contributed by atoms with Gasteiger partial charge in [-0.2, -0.15) is 9.61 Å². The molecule has 0 spiro atoms. The van der Waals surface area contributed by atoms with Crippen LogP contribution in [0.4, 0.5) is 5.82 Å². The Hall–Kier alpha value is -1.89. The molecule has 0 amide bonds. The highest BCUT2D eigenvalue weighted by Crippen LogP contribution is 2.17. The van der Waals surface area contributed by atoms with Crippen molar-refractivity contribution < 1.29 is 0 Å². The van der Waals surface area contributed by atoms with Crippen LogP contribution in [0.25, 0.3) is 5.65 Å². The summed E-state index contributed by atoms with van der Waals surface area (Å²) in [6.07, 6.45) is 1.11. The van der Waals surface area contributed by atoms with E-state index in [0.717, 1.165) is 31.9 Å². The molecule has 0 radical (unpaired) electrons. The molecule has 18 heavy (non-hydrogen) atoms. The third kappa shape index (κ3) is 1.76. The van der Waals surface area contributed by atoms with Crippen LogP contribution in [0.15, 0.2) is 16.9 Å². The lowest BCUT2D eigenvalue weighted by atomic mass is 10.2. The van der Waals surface area contributed by atoms with E-state index < -0.39 is 0 Å². The van der Waals surface area contributed by atoms with Gasteiger partial charge in [0.2, 0.25) is 0 Å². The first-order valence-corrected chi connectivity index (χ1v) is 6.21. The first-order valence-electron chi connectivity index (χ1n) is 6.21. The third-order valence-corrected chi connectivity index (χ3v) is 3.37. The molecule has 2 aromatic heterocycles. The molecule has 1 unspecified atom stereocenters. The Bertz CT molecular complexity index is 597. The van der Waals surface area contributed by atoms with E-state index in [1.165, 1.54) is 4.52 Å². The lowest BCUT2D eigenvalue weighted by molar-refractivity contribution is 0.632. The van der Waals surface area contributed by atoms with Gasteiger partial charge in [0, 0.05) is 19.1 Å². The van der Waals surface area contributed by atoms with Crippen LogP contribution in [0.2, 0.25) is 0 Å². The number of anilines is 1. The number of rotatable bonds is 3. The molecule has 3 heterocycles. The highest BCUT2D eigenvalue weighted by atomic mass is 16.2. The summed E-state index contributed by atoms with van der Waals surface area (Å²) in [5.41, 5.74) is 0.247. The summed E-state index contributed by atoms with van der Waals surface area (Å²) in [5, 5.41) is 14.0. The zero-order valence-corrected chi connectivity index (χ0v) is 10.3. The maximum absolute atomic E-state index is 11.5. The van der Waals surface area contributed by atoms with Gasteiger partial charge in [-0.3, -0.25) is 0 Å². The number of H-pyrrole nitrogens is 1. The summed E-state index contributed by atoms with van der Waals surface area (Å²) in [5.74, 6) is 0.821. The molecule has 1 saturated heterocycles. The number of aromatic nitrogens is 4. The van der Waals surface area contributed by atoms with Gasteiger partial charge in [-0.15, -0.1) is 5.10 Å². The Labute approximate surface area is 104 Å². The van der Waals surface area contributed by atoms with Crippen LogP contribution in [-0.4, -0.2) is 45.5 Å². The molecule has 0 bridgehead atoms. The van der Waals surface area contributed by atoms with Gasteiger partial charge in [0.1, 0.15) is 5.82 Å². The normalized spacial score (nSPS) is 19.5. The van der Waals surface area contributed by atoms with E-state index in [4.69, 9.17) is 0 Å². The largest absolute Gasteiger partial charge is 0.364 e. The molecule has 7 nitrogen and oxygen atoms in total. The fourth-order valence-corrected chi connectivity index (χ4v) is 2.46. The zero-order valence-electron chi connectivity index (χ0n) is 10.3. The van der Waals surface area contributed by atoms with Crippen molar-refractivity contribution in [1.82, 2.24) is 25.1 Å². The van der Waals surface area contributed by atoms with Crippen LogP contribution in [0, 0.1) is 0 Å². The fraction of sp³-hybridized carbons (Fsp3) is 0.545. The molecule has 0 saturated carbocycles. The van der Waals surface area contributed by atoms with Gasteiger partial charge in [0.25, 0.3) is 0 Å². The minimum absolute atomic E-state index is 0.299. The molecular formula is C11H16N6O. The van der Waals surface area contributed by atoms with Crippen LogP contribution >= 0.6 is 0 Å². The maximum atomic E-state index is 11.5. The summed E-state index contributed by atoms with van der Waals surface area (Å²) in [6.45, 7) is 4.97. The van der Waals surface area contributed by atoms with Gasteiger partial charge in [-0.1, -0.05) is 0 Å². The average Bonchev–Trinajstić information content (AvgIpc) is 3.02. The number of nitrogens with one attached hydrogen (secondary N) is 2. The van der Waals surface area contributed by atoms with Gasteiger partial charge in [0.05, 0.1) is 0 Å². The van der Waals surface area contributed by atoms with Crippen LogP contribution < -0.4 is 15.9 Å². The van der Waals surface area contributed by atoms with E-state index in [2.05, 4.69) is 32.4 Å². The van der Waals surface area contributed by atoms with Crippen molar-refractivity contribution in [3.05, 3.63) is 22.6 Å². The molecule has 96 valence electrons. The Kier molecular flexibility index (Phi) is 2.75. The van der Waals surface area contributed by atoms with Gasteiger partial charge in [-0.05, 0) is 32.0 Å². The Morgan fingerprint density at radius 3 is 3.17 bits per heavy atom. The van der Waals surface area contributed by atoms with E-state index in [0.29, 0.717) is 11.7 Å². The number of aromatic amines is 1. The molecule has 1 aliphatic rings. The Morgan fingerprint density at radius 2 is 2.44 bits per heavy atom. The van der Waals surface area contributed by atoms with Crippen molar-refractivity contribution in [2.24, 2.45) is 0 Å². The van der Waals surface area contributed by atoms with Crippen molar-refractivity contribution in [2.45, 2.75) is 19.4 Å². The monoisotopic (exact) mass is 248 g/mol. The van der Waals surface area contributed by atoms with Crippen LogP contribution in [0.3, 0.4) is 0 Å². The Morgan fingerprint density at radius 1 is 1.56 bits per heavy atom. The van der Waals surface area contributed by atoms with Gasteiger partial charge in [-0.25, -0.2) is 9.89 Å². The molecule has 0 aliphatic carbocycles. The lowest BCUT2D eigenvalue weighted by Crippen LogP contribution is -2.37. The number of hydrogen-bond acceptors (Lipinski definition) is 5. The average molecular weight is 248 g/mol. The van der Waals surface area contributed by atoms with Gasteiger partial charge < -0.3 is 10.2 Å². The van der Waals surface area contributed by atoms with Gasteiger partial charge in [0.15, 0.2) is 5.65 Å². The molecule has 0 aromatic carbocycles. The van der Waals surface area contributed by atoms with Crippen molar-refractivity contribution in [3.8, 4) is 0 Å². The van der Waals surface area contributed by atoms with E-state index in [1.807, 2.05) is 12.1 Å². The molecule has 3 rings (SSSR count). The summed E-state index contributed by atoms with van der Waals surface area (Å²) < 4.78 is 1.31. The Balaban J connectivity index is 2.00. The molecule has 7 heteroatoms. The van der Waals surface area contributed by atoms with E-state index in [-0.39, 0.29) is 5.69 Å². The molecule has 2 aromatic rings. The van der Waals surface area contributed by atoms with E-state index in [9.17, 15) is 4.79 Å². The summed E-state index contributed by atoms with van der Waals surface area (Å²) in [4.78, 5) is 13.7. The number of fused-ring (bicyclic) bond motifs is 1. The van der Waals surface area contributed by atoms with Crippen molar-refractivity contribution in [2.75, 3.05) is 24.5 Å². The minimum Gasteiger partial charge on any atom is -0.351 e. The summed E-state index contributed by atoms with van der Waals surface area (Å²) in [6, 6.07) is 4.17. The number of hydrogen-bond donors (Lipinski definition) is 2. The van der Waals surface area contributed by atoms with Crippen molar-refractivity contribution >= 4 is 11.5 Å². The molecular weight excluding hydrogens is 232 g/mol. The first kappa shape index (κ1) is 11.2. The fourth-order valence-electron chi connectivity index (χ4n) is 2.46. The predicted octanol–water partition coefficient (Wildman–Crippen LogP) is -0.394. The topological polar surface area (TPSA) is 78.3 Å². The predicted molar refractivity (Wildman–Crippen MR) is 67.9 cm³/mol. The molecule has 1 atom stereocenters.